The summed E-state index contributed by atoms with van der Waals surface area (Å²) >= 11 is 0.914. The second-order valence-corrected chi connectivity index (χ2v) is 8.94. The summed E-state index contributed by atoms with van der Waals surface area (Å²) in [5.74, 6) is -3.34. The Morgan fingerprint density at radius 2 is 1.74 bits per heavy atom. The Balaban J connectivity index is 1.81. The van der Waals surface area contributed by atoms with Gasteiger partial charge in [-0.1, -0.05) is 23.5 Å². The van der Waals surface area contributed by atoms with Crippen LogP contribution in [0.25, 0.3) is 0 Å². The second-order valence-electron chi connectivity index (χ2n) is 7.94. The average Bonchev–Trinajstić information content (AvgIpc) is 3.16. The number of benzene rings is 2. The second kappa shape index (κ2) is 10.4. The van der Waals surface area contributed by atoms with Crippen molar-refractivity contribution in [2.75, 3.05) is 36.6 Å². The van der Waals surface area contributed by atoms with Gasteiger partial charge >= 0.3 is 12.1 Å². The predicted molar refractivity (Wildman–Crippen MR) is 128 cm³/mol. The van der Waals surface area contributed by atoms with Crippen molar-refractivity contribution >= 4 is 45.4 Å². The molecule has 7 nitrogen and oxygen atoms in total. The average molecular weight is 510 g/mol. The molecule has 1 atom stereocenters. The van der Waals surface area contributed by atoms with Crippen LogP contribution in [-0.2, 0) is 4.79 Å². The van der Waals surface area contributed by atoms with Crippen LogP contribution < -0.4 is 16.0 Å². The van der Waals surface area contributed by atoms with E-state index in [1.54, 1.807) is 25.9 Å². The number of ketones is 1. The minimum absolute atomic E-state index is 0.0499. The Morgan fingerprint density at radius 3 is 2.31 bits per heavy atom. The van der Waals surface area contributed by atoms with E-state index < -0.39 is 23.7 Å². The van der Waals surface area contributed by atoms with E-state index >= 15 is 0 Å². The minimum Gasteiger partial charge on any atom is -0.382 e. The Bertz CT molecular complexity index is 1210. The largest absolute Gasteiger partial charge is 0.471 e. The molecule has 1 unspecified atom stereocenters. The summed E-state index contributed by atoms with van der Waals surface area (Å²) < 4.78 is 53.5. The number of thiazole rings is 1. The molecule has 1 amide bonds. The van der Waals surface area contributed by atoms with Crippen molar-refractivity contribution < 1.29 is 27.2 Å². The van der Waals surface area contributed by atoms with E-state index in [0.29, 0.717) is 10.6 Å². The van der Waals surface area contributed by atoms with Crippen molar-refractivity contribution in [1.82, 2.24) is 9.88 Å². The standard InChI is InChI=1S/C23H23F4N5O2S/c1-13(31(2)3)12-32(21(34)23(25,26)27)15-10-8-14(9-11-15)29-22-30-20(28)19(35-22)18(33)16-6-4-5-7-17(16)24/h4-11,13H,12,28H2,1-3H3,(H,29,30). The van der Waals surface area contributed by atoms with Crippen LogP contribution in [0.1, 0.15) is 22.2 Å². The maximum Gasteiger partial charge on any atom is 0.471 e. The summed E-state index contributed by atoms with van der Waals surface area (Å²) in [7, 11) is 3.41. The number of anilines is 4. The lowest BCUT2D eigenvalue weighted by Crippen LogP contribution is -2.47. The molecule has 0 bridgehead atoms. The highest BCUT2D eigenvalue weighted by Gasteiger charge is 2.43. The van der Waals surface area contributed by atoms with E-state index in [2.05, 4.69) is 10.3 Å². The normalized spacial score (nSPS) is 12.5. The van der Waals surface area contributed by atoms with E-state index in [4.69, 9.17) is 5.73 Å². The smallest absolute Gasteiger partial charge is 0.382 e. The number of rotatable bonds is 8. The quantitative estimate of drug-likeness (QED) is 0.338. The summed E-state index contributed by atoms with van der Waals surface area (Å²) in [6, 6.07) is 10.9. The third kappa shape index (κ3) is 6.14. The van der Waals surface area contributed by atoms with Crippen LogP contribution in [0, 0.1) is 5.82 Å². The van der Waals surface area contributed by atoms with E-state index in [0.717, 1.165) is 17.4 Å². The van der Waals surface area contributed by atoms with Gasteiger partial charge in [-0.2, -0.15) is 13.2 Å². The highest BCUT2D eigenvalue weighted by Crippen LogP contribution is 2.31. The lowest BCUT2D eigenvalue weighted by Gasteiger charge is -2.29. The number of nitrogens with two attached hydrogens (primary N) is 1. The van der Waals surface area contributed by atoms with Gasteiger partial charge in [0, 0.05) is 24.0 Å². The number of carbonyl (C=O) groups is 2. The molecular weight excluding hydrogens is 486 g/mol. The highest BCUT2D eigenvalue weighted by atomic mass is 32.1. The monoisotopic (exact) mass is 509 g/mol. The lowest BCUT2D eigenvalue weighted by atomic mass is 10.1. The summed E-state index contributed by atoms with van der Waals surface area (Å²) in [4.78, 5) is 31.2. The zero-order chi connectivity index (χ0) is 25.9. The van der Waals surface area contributed by atoms with Gasteiger partial charge < -0.3 is 20.9 Å². The van der Waals surface area contributed by atoms with E-state index in [-0.39, 0.29) is 39.7 Å². The van der Waals surface area contributed by atoms with Gasteiger partial charge in [0.05, 0.1) is 5.56 Å². The molecule has 0 aliphatic carbocycles. The third-order valence-corrected chi connectivity index (χ3v) is 6.21. The SMILES string of the molecule is CC(CN(C(=O)C(F)(F)F)c1ccc(Nc2nc(N)c(C(=O)c3ccccc3F)s2)cc1)N(C)C. The fourth-order valence-electron chi connectivity index (χ4n) is 3.05. The topological polar surface area (TPSA) is 91.6 Å². The van der Waals surface area contributed by atoms with Crippen LogP contribution in [0.3, 0.4) is 0 Å². The summed E-state index contributed by atoms with van der Waals surface area (Å²) in [6.45, 7) is 1.54. The van der Waals surface area contributed by atoms with Crippen LogP contribution in [-0.4, -0.2) is 54.4 Å². The highest BCUT2D eigenvalue weighted by molar-refractivity contribution is 7.18. The maximum atomic E-state index is 14.0. The maximum absolute atomic E-state index is 14.0. The molecule has 186 valence electrons. The number of halogens is 4. The summed E-state index contributed by atoms with van der Waals surface area (Å²) in [5, 5.41) is 3.15. The van der Waals surface area contributed by atoms with Crippen molar-refractivity contribution in [2.24, 2.45) is 0 Å². The Hall–Kier alpha value is -3.51. The number of hydrogen-bond acceptors (Lipinski definition) is 7. The first-order valence-corrected chi connectivity index (χ1v) is 11.2. The van der Waals surface area contributed by atoms with Crippen molar-refractivity contribution in [3.05, 3.63) is 64.8 Å². The van der Waals surface area contributed by atoms with Crippen molar-refractivity contribution in [1.29, 1.82) is 0 Å². The number of likely N-dealkylation sites (N-methyl/N-ethyl adjacent to an activating group) is 1. The van der Waals surface area contributed by atoms with Gasteiger partial charge in [0.25, 0.3) is 0 Å². The molecule has 0 saturated carbocycles. The van der Waals surface area contributed by atoms with Crippen molar-refractivity contribution in [3.8, 4) is 0 Å². The molecule has 1 aromatic heterocycles. The van der Waals surface area contributed by atoms with Crippen molar-refractivity contribution in [2.45, 2.75) is 19.1 Å². The molecule has 2 aromatic carbocycles. The lowest BCUT2D eigenvalue weighted by molar-refractivity contribution is -0.170. The first-order chi connectivity index (χ1) is 16.4. The van der Waals surface area contributed by atoms with Crippen LogP contribution in [0.5, 0.6) is 0 Å². The fourth-order valence-corrected chi connectivity index (χ4v) is 3.91. The molecule has 0 radical (unpaired) electrons. The van der Waals surface area contributed by atoms with Gasteiger partial charge in [-0.05, 0) is 57.4 Å². The molecule has 0 spiro atoms. The molecule has 35 heavy (non-hydrogen) atoms. The Kier molecular flexibility index (Phi) is 7.76. The van der Waals surface area contributed by atoms with Crippen LogP contribution in [0.2, 0.25) is 0 Å². The molecular formula is C23H23F4N5O2S. The predicted octanol–water partition coefficient (Wildman–Crippen LogP) is 4.68. The van der Waals surface area contributed by atoms with Gasteiger partial charge in [-0.25, -0.2) is 9.37 Å². The zero-order valence-electron chi connectivity index (χ0n) is 19.1. The summed E-state index contributed by atoms with van der Waals surface area (Å²) in [6.07, 6.45) is -5.03. The number of nitrogens with zero attached hydrogens (tertiary/aromatic N) is 3. The number of nitrogen functional groups attached to an aromatic ring is 1. The molecule has 0 aliphatic rings. The van der Waals surface area contributed by atoms with E-state index in [1.165, 1.54) is 42.5 Å². The minimum atomic E-state index is -5.03. The number of alkyl halides is 3. The number of carbonyl (C=O) groups excluding carboxylic acids is 2. The van der Waals surface area contributed by atoms with E-state index in [1.807, 2.05) is 0 Å². The number of aromatic nitrogens is 1. The summed E-state index contributed by atoms with van der Waals surface area (Å²) in [5.41, 5.74) is 6.22. The van der Waals surface area contributed by atoms with Gasteiger partial charge in [0.15, 0.2) is 5.13 Å². The Labute approximate surface area is 203 Å². The number of nitrogens with one attached hydrogen (secondary N) is 1. The first kappa shape index (κ1) is 26.1. The number of amides is 1. The van der Waals surface area contributed by atoms with Crippen LogP contribution in [0.4, 0.5) is 39.9 Å². The first-order valence-electron chi connectivity index (χ1n) is 10.4. The zero-order valence-corrected chi connectivity index (χ0v) is 19.9. The van der Waals surface area contributed by atoms with Gasteiger partial charge in [-0.15, -0.1) is 0 Å². The van der Waals surface area contributed by atoms with Crippen LogP contribution in [0.15, 0.2) is 48.5 Å². The molecule has 12 heteroatoms. The van der Waals surface area contributed by atoms with Gasteiger partial charge in [0.2, 0.25) is 5.78 Å². The molecule has 0 fully saturated rings. The van der Waals surface area contributed by atoms with E-state index in [9.17, 15) is 27.2 Å². The molecule has 3 N–H and O–H groups in total. The van der Waals surface area contributed by atoms with Gasteiger partial charge in [-0.3, -0.25) is 9.59 Å². The molecule has 0 aliphatic heterocycles. The molecule has 1 heterocycles. The van der Waals surface area contributed by atoms with Crippen LogP contribution >= 0.6 is 11.3 Å². The molecule has 3 rings (SSSR count). The molecule has 3 aromatic rings. The number of hydrogen-bond donors (Lipinski definition) is 2. The van der Waals surface area contributed by atoms with Crippen molar-refractivity contribution in [3.63, 3.8) is 0 Å². The van der Waals surface area contributed by atoms with Gasteiger partial charge in [0.1, 0.15) is 16.5 Å². The fraction of sp³-hybridized carbons (Fsp3) is 0.261. The Morgan fingerprint density at radius 1 is 1.11 bits per heavy atom. The third-order valence-electron chi connectivity index (χ3n) is 5.22. The molecule has 0 saturated heterocycles.